The minimum absolute atomic E-state index is 0.307. The van der Waals surface area contributed by atoms with E-state index in [-0.39, 0.29) is 9.84 Å². The van der Waals surface area contributed by atoms with Crippen LogP contribution < -0.4 is 9.30 Å². The van der Waals surface area contributed by atoms with Crippen molar-refractivity contribution in [3.05, 3.63) is 0 Å². The van der Waals surface area contributed by atoms with Crippen LogP contribution >= 0.6 is 0 Å². The molecule has 1 aliphatic rings. The number of hydrogen-bond donors (Lipinski definition) is 2. The summed E-state index contributed by atoms with van der Waals surface area (Å²) in [6, 6.07) is 0. The Morgan fingerprint density at radius 3 is 1.38 bits per heavy atom. The van der Waals surface area contributed by atoms with Gasteiger partial charge in [0.25, 0.3) is 0 Å². The van der Waals surface area contributed by atoms with Crippen molar-refractivity contribution < 1.29 is 0 Å². The van der Waals surface area contributed by atoms with Crippen LogP contribution in [0.15, 0.2) is 0 Å². The van der Waals surface area contributed by atoms with Crippen LogP contribution in [0.1, 0.15) is 0 Å². The minimum atomic E-state index is -1.46. The third kappa shape index (κ3) is 2.58. The van der Waals surface area contributed by atoms with E-state index in [1.165, 1.54) is 0 Å². The van der Waals surface area contributed by atoms with E-state index in [2.05, 4.69) is 71.1 Å². The largest absolute Gasteiger partial charge is 0.341 e. The second kappa shape index (κ2) is 4.43. The average Bonchev–Trinajstić information content (AvgIpc) is 2.13. The molecule has 0 aromatic rings. The number of hydrogen-bond acceptors (Lipinski definition) is 4. The molecule has 4 nitrogen and oxygen atoms in total. The van der Waals surface area contributed by atoms with Crippen molar-refractivity contribution in [2.24, 2.45) is 0 Å². The maximum Gasteiger partial charge on any atom is 0.188 e. The van der Waals surface area contributed by atoms with E-state index >= 15 is 0 Å². The van der Waals surface area contributed by atoms with Crippen molar-refractivity contribution in [3.63, 3.8) is 0 Å². The number of rotatable bonds is 0. The zero-order chi connectivity index (χ0) is 12.8. The van der Waals surface area contributed by atoms with E-state index in [4.69, 9.17) is 0 Å². The van der Waals surface area contributed by atoms with E-state index in [9.17, 15) is 0 Å². The molecule has 0 spiro atoms. The molecular weight excluding hydrogens is 264 g/mol. The molecule has 0 amide bonds. The highest BCUT2D eigenvalue weighted by Crippen LogP contribution is 2.23. The van der Waals surface area contributed by atoms with Crippen LogP contribution in [0.5, 0.6) is 0 Å². The fourth-order valence-corrected chi connectivity index (χ4v) is 22.8. The first-order valence-electron chi connectivity index (χ1n) is 6.00. The summed E-state index contributed by atoms with van der Waals surface area (Å²) < 4.78 is 13.2. The zero-order valence-corrected chi connectivity index (χ0v) is 16.5. The Morgan fingerprint density at radius 1 is 0.750 bits per heavy atom. The van der Waals surface area contributed by atoms with Crippen molar-refractivity contribution in [2.75, 3.05) is 14.1 Å². The molecule has 16 heavy (non-hydrogen) atoms. The summed E-state index contributed by atoms with van der Waals surface area (Å²) in [6.07, 6.45) is 0. The highest BCUT2D eigenvalue weighted by Gasteiger charge is 2.47. The lowest BCUT2D eigenvalue weighted by molar-refractivity contribution is 0.602. The third-order valence-electron chi connectivity index (χ3n) is 4.36. The van der Waals surface area contributed by atoms with Crippen LogP contribution in [-0.4, -0.2) is 57.6 Å². The topological polar surface area (TPSA) is 30.5 Å². The molecule has 0 aromatic carbocycles. The molecule has 1 aliphatic heterocycles. The van der Waals surface area contributed by atoms with Crippen molar-refractivity contribution in [3.8, 4) is 0 Å². The quantitative estimate of drug-likeness (QED) is 0.622. The maximum atomic E-state index is 3.88. The van der Waals surface area contributed by atoms with Gasteiger partial charge in [-0.3, -0.25) is 0 Å². The van der Waals surface area contributed by atoms with Crippen molar-refractivity contribution >= 4 is 35.0 Å². The Labute approximate surface area is 106 Å². The molecular formula is C8H28N4Si4. The molecule has 0 aliphatic carbocycles. The summed E-state index contributed by atoms with van der Waals surface area (Å²) in [6.45, 7) is 14.7. The summed E-state index contributed by atoms with van der Waals surface area (Å²) in [7, 11) is 0.126. The normalized spacial score (nSPS) is 30.8. The van der Waals surface area contributed by atoms with Gasteiger partial charge < -0.3 is 17.8 Å². The standard InChI is InChI=1S/C8H28N4Si4/c1-11-14(3,4)9-13-10-15(5,6)12(2)16(11,7)8/h9-10H,13H2,1-8H3. The van der Waals surface area contributed by atoms with E-state index < -0.39 is 25.2 Å². The SMILES string of the molecule is CN1[Si](C)(C)N[SiH2]N[Si](C)(C)N(C)[Si]1(C)C. The van der Waals surface area contributed by atoms with Gasteiger partial charge in [-0.2, -0.15) is 0 Å². The molecule has 1 fully saturated rings. The van der Waals surface area contributed by atoms with Gasteiger partial charge in [0.15, 0.2) is 35.0 Å². The summed E-state index contributed by atoms with van der Waals surface area (Å²) in [5.41, 5.74) is 0. The predicted molar refractivity (Wildman–Crippen MR) is 82.8 cm³/mol. The van der Waals surface area contributed by atoms with Crippen LogP contribution in [-0.2, 0) is 0 Å². The second-order valence-corrected chi connectivity index (χ2v) is 22.2. The third-order valence-corrected chi connectivity index (χ3v) is 26.0. The number of nitrogens with one attached hydrogen (secondary N) is 2. The first-order chi connectivity index (χ1) is 7.02. The summed E-state index contributed by atoms with van der Waals surface area (Å²) in [5.74, 6) is 0. The van der Waals surface area contributed by atoms with E-state index in [0.717, 1.165) is 0 Å². The van der Waals surface area contributed by atoms with Crippen LogP contribution in [0, 0.1) is 0 Å². The maximum absolute atomic E-state index is 3.88. The molecule has 0 atom stereocenters. The van der Waals surface area contributed by atoms with Crippen molar-refractivity contribution in [1.82, 2.24) is 17.8 Å². The molecule has 0 unspecified atom stereocenters. The lowest BCUT2D eigenvalue weighted by Gasteiger charge is -2.55. The molecule has 0 bridgehead atoms. The second-order valence-electron chi connectivity index (χ2n) is 6.26. The van der Waals surface area contributed by atoms with Gasteiger partial charge in [-0.05, 0) is 53.4 Å². The summed E-state index contributed by atoms with van der Waals surface area (Å²) in [5, 5.41) is 0. The van der Waals surface area contributed by atoms with E-state index in [1.807, 2.05) is 0 Å². The zero-order valence-electron chi connectivity index (χ0n) is 12.1. The van der Waals surface area contributed by atoms with Gasteiger partial charge in [0.1, 0.15) is 0 Å². The fraction of sp³-hybridized carbons (Fsp3) is 1.00. The molecule has 2 N–H and O–H groups in total. The minimum Gasteiger partial charge on any atom is -0.341 e. The van der Waals surface area contributed by atoms with Crippen LogP contribution in [0.4, 0.5) is 0 Å². The molecule has 1 heterocycles. The molecule has 0 radical (unpaired) electrons. The average molecular weight is 293 g/mol. The first-order valence-corrected chi connectivity index (χ1v) is 16.2. The number of nitrogens with zero attached hydrogens (tertiary/aromatic N) is 2. The van der Waals surface area contributed by atoms with Gasteiger partial charge in [-0.25, -0.2) is 0 Å². The smallest absolute Gasteiger partial charge is 0.188 e. The Kier molecular flexibility index (Phi) is 4.08. The van der Waals surface area contributed by atoms with Gasteiger partial charge in [-0.15, -0.1) is 0 Å². The Hall–Kier alpha value is 0.708. The van der Waals surface area contributed by atoms with Crippen LogP contribution in [0.2, 0.25) is 39.3 Å². The fourth-order valence-electron chi connectivity index (χ4n) is 2.31. The Balaban J connectivity index is 3.08. The van der Waals surface area contributed by atoms with Crippen molar-refractivity contribution in [1.29, 1.82) is 0 Å². The van der Waals surface area contributed by atoms with Crippen molar-refractivity contribution in [2.45, 2.75) is 39.3 Å². The van der Waals surface area contributed by atoms with Crippen LogP contribution in [0.25, 0.3) is 0 Å². The highest BCUT2D eigenvalue weighted by molar-refractivity contribution is 6.99. The Bertz CT molecular complexity index is 245. The summed E-state index contributed by atoms with van der Waals surface area (Å²) in [4.78, 5) is 0. The lowest BCUT2D eigenvalue weighted by atomic mass is 11.6. The molecule has 96 valence electrons. The van der Waals surface area contributed by atoms with Gasteiger partial charge >= 0.3 is 0 Å². The predicted octanol–water partition coefficient (Wildman–Crippen LogP) is 0.147. The van der Waals surface area contributed by atoms with Gasteiger partial charge in [0, 0.05) is 0 Å². The summed E-state index contributed by atoms with van der Waals surface area (Å²) >= 11 is 0. The monoisotopic (exact) mass is 292 g/mol. The molecule has 1 saturated heterocycles. The molecule has 8 heteroatoms. The lowest BCUT2D eigenvalue weighted by Crippen LogP contribution is -2.82. The van der Waals surface area contributed by atoms with Gasteiger partial charge in [-0.1, -0.05) is 0 Å². The van der Waals surface area contributed by atoms with Gasteiger partial charge in [0.2, 0.25) is 0 Å². The van der Waals surface area contributed by atoms with E-state index in [1.54, 1.807) is 0 Å². The van der Waals surface area contributed by atoms with Gasteiger partial charge in [0.05, 0.1) is 0 Å². The molecule has 0 aromatic heterocycles. The van der Waals surface area contributed by atoms with Crippen LogP contribution in [0.3, 0.4) is 0 Å². The molecule has 1 rings (SSSR count). The van der Waals surface area contributed by atoms with E-state index in [0.29, 0.717) is 0 Å². The highest BCUT2D eigenvalue weighted by atomic mass is 28.5. The first kappa shape index (κ1) is 14.8. The molecule has 0 saturated carbocycles. The Morgan fingerprint density at radius 2 is 1.06 bits per heavy atom.